The number of anilines is 1. The zero-order valence-electron chi connectivity index (χ0n) is 16.5. The molecule has 0 aliphatic rings. The number of carboxylic acids is 1. The quantitative estimate of drug-likeness (QED) is 0.550. The molecule has 3 aromatic carbocycles. The van der Waals surface area contributed by atoms with Crippen molar-refractivity contribution < 1.29 is 23.1 Å². The number of halogens is 2. The van der Waals surface area contributed by atoms with Crippen LogP contribution in [-0.4, -0.2) is 38.5 Å². The van der Waals surface area contributed by atoms with E-state index in [1.54, 1.807) is 30.3 Å². The fourth-order valence-corrected chi connectivity index (χ4v) is 5.45. The van der Waals surface area contributed by atoms with Gasteiger partial charge in [0, 0.05) is 22.7 Å². The van der Waals surface area contributed by atoms with E-state index in [1.165, 1.54) is 38.2 Å². The van der Waals surface area contributed by atoms with Gasteiger partial charge < -0.3 is 10.4 Å². The van der Waals surface area contributed by atoms with Crippen LogP contribution in [0.1, 0.15) is 17.3 Å². The molecule has 10 heteroatoms. The average molecular weight is 481 g/mol. The van der Waals surface area contributed by atoms with E-state index in [-0.39, 0.29) is 26.5 Å². The summed E-state index contributed by atoms with van der Waals surface area (Å²) in [5.74, 6) is -1.58. The van der Waals surface area contributed by atoms with Gasteiger partial charge in [-0.3, -0.25) is 9.10 Å². The predicted molar refractivity (Wildman–Crippen MR) is 121 cm³/mol. The number of carboxylic acid groups (broad SMARTS) is 1. The Balaban J connectivity index is 2.17. The summed E-state index contributed by atoms with van der Waals surface area (Å²) >= 11 is 11.9. The van der Waals surface area contributed by atoms with E-state index in [4.69, 9.17) is 23.2 Å². The minimum Gasteiger partial charge on any atom is -0.480 e. The minimum absolute atomic E-state index is 0.106. The third kappa shape index (κ3) is 4.61. The zero-order chi connectivity index (χ0) is 22.9. The topological polar surface area (TPSA) is 104 Å². The second kappa shape index (κ2) is 8.74. The van der Waals surface area contributed by atoms with Gasteiger partial charge in [0.1, 0.15) is 6.04 Å². The Morgan fingerprint density at radius 3 is 2.13 bits per heavy atom. The summed E-state index contributed by atoms with van der Waals surface area (Å²) in [6.07, 6.45) is 0. The summed E-state index contributed by atoms with van der Waals surface area (Å²) in [6, 6.07) is 12.0. The van der Waals surface area contributed by atoms with Crippen molar-refractivity contribution in [1.82, 2.24) is 5.32 Å². The molecule has 0 fully saturated rings. The summed E-state index contributed by atoms with van der Waals surface area (Å²) < 4.78 is 27.6. The minimum atomic E-state index is -4.32. The Kier molecular flexibility index (Phi) is 6.45. The summed E-state index contributed by atoms with van der Waals surface area (Å²) in [5.41, 5.74) is 0.589. The second-order valence-electron chi connectivity index (χ2n) is 6.75. The van der Waals surface area contributed by atoms with Gasteiger partial charge in [-0.1, -0.05) is 35.3 Å². The maximum Gasteiger partial charge on any atom is 0.327 e. The SMILES string of the molecule is CNC(=O)c1ccc2cc(N(C(C)C(=O)O)S(=O)(=O)c3cc(Cl)cc(Cl)c3)ccc2c1. The molecule has 0 spiro atoms. The molecule has 0 aliphatic heterocycles. The molecule has 0 aromatic heterocycles. The second-order valence-corrected chi connectivity index (χ2v) is 9.43. The monoisotopic (exact) mass is 480 g/mol. The van der Waals surface area contributed by atoms with Crippen LogP contribution in [0.4, 0.5) is 5.69 Å². The van der Waals surface area contributed by atoms with E-state index in [2.05, 4.69) is 5.32 Å². The van der Waals surface area contributed by atoms with Crippen LogP contribution < -0.4 is 9.62 Å². The Labute approximate surface area is 189 Å². The van der Waals surface area contributed by atoms with Crippen LogP contribution >= 0.6 is 23.2 Å². The molecule has 2 N–H and O–H groups in total. The number of amides is 1. The number of hydrogen-bond acceptors (Lipinski definition) is 4. The molecule has 162 valence electrons. The van der Waals surface area contributed by atoms with Crippen LogP contribution in [0, 0.1) is 0 Å². The first kappa shape index (κ1) is 22.9. The molecule has 0 aliphatic carbocycles. The van der Waals surface area contributed by atoms with Gasteiger partial charge >= 0.3 is 5.97 Å². The van der Waals surface area contributed by atoms with Gasteiger partial charge in [-0.05, 0) is 60.2 Å². The molecular formula is C21H18Cl2N2O5S. The van der Waals surface area contributed by atoms with E-state index in [9.17, 15) is 23.1 Å². The largest absolute Gasteiger partial charge is 0.480 e. The molecule has 0 saturated carbocycles. The van der Waals surface area contributed by atoms with Crippen molar-refractivity contribution in [2.75, 3.05) is 11.4 Å². The van der Waals surface area contributed by atoms with Crippen LogP contribution in [0.25, 0.3) is 10.8 Å². The molecule has 0 heterocycles. The maximum atomic E-state index is 13.4. The van der Waals surface area contributed by atoms with E-state index in [0.717, 1.165) is 4.31 Å². The Morgan fingerprint density at radius 2 is 1.55 bits per heavy atom. The van der Waals surface area contributed by atoms with Crippen LogP contribution in [0.2, 0.25) is 10.0 Å². The van der Waals surface area contributed by atoms with Crippen LogP contribution in [0.15, 0.2) is 59.5 Å². The van der Waals surface area contributed by atoms with Gasteiger partial charge in [0.05, 0.1) is 10.6 Å². The Bertz CT molecular complexity index is 1270. The van der Waals surface area contributed by atoms with Crippen molar-refractivity contribution in [1.29, 1.82) is 0 Å². The Hall–Kier alpha value is -2.81. The van der Waals surface area contributed by atoms with Gasteiger partial charge in [-0.2, -0.15) is 0 Å². The fourth-order valence-electron chi connectivity index (χ4n) is 3.12. The number of hydrogen-bond donors (Lipinski definition) is 2. The van der Waals surface area contributed by atoms with Gasteiger partial charge in [0.25, 0.3) is 15.9 Å². The fraction of sp³-hybridized carbons (Fsp3) is 0.143. The number of aliphatic carboxylic acids is 1. The lowest BCUT2D eigenvalue weighted by Crippen LogP contribution is -2.43. The third-order valence-corrected chi connectivity index (χ3v) is 6.98. The van der Waals surface area contributed by atoms with Gasteiger partial charge in [0.15, 0.2) is 0 Å². The highest BCUT2D eigenvalue weighted by Gasteiger charge is 2.34. The van der Waals surface area contributed by atoms with Crippen molar-refractivity contribution in [2.24, 2.45) is 0 Å². The summed E-state index contributed by atoms with van der Waals surface area (Å²) in [6.45, 7) is 1.27. The molecule has 1 unspecified atom stereocenters. The molecule has 1 amide bonds. The maximum absolute atomic E-state index is 13.4. The van der Waals surface area contributed by atoms with Crippen molar-refractivity contribution in [2.45, 2.75) is 17.9 Å². The Morgan fingerprint density at radius 1 is 0.968 bits per heavy atom. The number of nitrogens with zero attached hydrogens (tertiary/aromatic N) is 1. The molecule has 3 aromatic rings. The smallest absolute Gasteiger partial charge is 0.327 e. The van der Waals surface area contributed by atoms with Gasteiger partial charge in [-0.25, -0.2) is 13.2 Å². The normalized spacial score (nSPS) is 12.4. The van der Waals surface area contributed by atoms with E-state index >= 15 is 0 Å². The molecule has 0 bridgehead atoms. The molecule has 31 heavy (non-hydrogen) atoms. The van der Waals surface area contributed by atoms with Crippen LogP contribution in [0.3, 0.4) is 0 Å². The highest BCUT2D eigenvalue weighted by atomic mass is 35.5. The average Bonchev–Trinajstić information content (AvgIpc) is 2.71. The number of carbonyl (C=O) groups excluding carboxylic acids is 1. The lowest BCUT2D eigenvalue weighted by atomic mass is 10.1. The standard InChI is InChI=1S/C21H18Cl2N2O5S/c1-12(21(27)28)25(31(29,30)19-10-16(22)9-17(23)11-19)18-6-5-13-7-15(20(26)24-2)4-3-14(13)8-18/h3-12H,1-2H3,(H,24,26)(H,27,28). The first-order valence-electron chi connectivity index (χ1n) is 9.04. The number of rotatable bonds is 6. The molecular weight excluding hydrogens is 463 g/mol. The first-order chi connectivity index (χ1) is 14.5. The highest BCUT2D eigenvalue weighted by molar-refractivity contribution is 7.93. The van der Waals surface area contributed by atoms with Crippen molar-refractivity contribution in [3.63, 3.8) is 0 Å². The van der Waals surface area contributed by atoms with Crippen molar-refractivity contribution in [3.05, 3.63) is 70.2 Å². The molecule has 3 rings (SSSR count). The first-order valence-corrected chi connectivity index (χ1v) is 11.2. The number of benzene rings is 3. The summed E-state index contributed by atoms with van der Waals surface area (Å²) in [4.78, 5) is 23.4. The van der Waals surface area contributed by atoms with Crippen molar-refractivity contribution in [3.8, 4) is 0 Å². The summed E-state index contributed by atoms with van der Waals surface area (Å²) in [7, 11) is -2.80. The van der Waals surface area contributed by atoms with E-state index in [0.29, 0.717) is 16.3 Å². The lowest BCUT2D eigenvalue weighted by molar-refractivity contribution is -0.137. The van der Waals surface area contributed by atoms with Crippen LogP contribution in [0.5, 0.6) is 0 Å². The molecule has 0 saturated heterocycles. The van der Waals surface area contributed by atoms with Gasteiger partial charge in [-0.15, -0.1) is 0 Å². The zero-order valence-corrected chi connectivity index (χ0v) is 18.8. The van der Waals surface area contributed by atoms with E-state index < -0.39 is 22.0 Å². The molecule has 1 atom stereocenters. The third-order valence-electron chi connectivity index (χ3n) is 4.67. The number of nitrogens with one attached hydrogen (secondary N) is 1. The number of sulfonamides is 1. The van der Waals surface area contributed by atoms with Crippen molar-refractivity contribution >= 4 is 61.6 Å². The molecule has 7 nitrogen and oxygen atoms in total. The van der Waals surface area contributed by atoms with E-state index in [1.807, 2.05) is 0 Å². The molecule has 0 radical (unpaired) electrons. The highest BCUT2D eigenvalue weighted by Crippen LogP contribution is 2.32. The predicted octanol–water partition coefficient (Wildman–Crippen LogP) is 4.17. The summed E-state index contributed by atoms with van der Waals surface area (Å²) in [5, 5.41) is 13.6. The van der Waals surface area contributed by atoms with Crippen LogP contribution in [-0.2, 0) is 14.8 Å². The number of fused-ring (bicyclic) bond motifs is 1. The van der Waals surface area contributed by atoms with Gasteiger partial charge in [0.2, 0.25) is 0 Å². The number of carbonyl (C=O) groups is 2. The lowest BCUT2D eigenvalue weighted by Gasteiger charge is -2.28.